The minimum Gasteiger partial charge on any atom is -0.301 e. The Labute approximate surface area is 112 Å². The van der Waals surface area contributed by atoms with Crippen molar-refractivity contribution in [3.05, 3.63) is 35.4 Å². The SMILES string of the molecule is O=C1c2ccccc2C(=O)N1C1CN2CCC1CC2. The first kappa shape index (κ1) is 11.2. The Hall–Kier alpha value is -1.68. The smallest absolute Gasteiger partial charge is 0.261 e. The summed E-state index contributed by atoms with van der Waals surface area (Å²) >= 11 is 0. The van der Waals surface area contributed by atoms with Crippen molar-refractivity contribution < 1.29 is 9.59 Å². The van der Waals surface area contributed by atoms with E-state index in [1.165, 1.54) is 4.90 Å². The number of fused-ring (bicyclic) bond motifs is 4. The molecule has 2 bridgehead atoms. The van der Waals surface area contributed by atoms with E-state index < -0.39 is 0 Å². The molecule has 0 aliphatic carbocycles. The number of hydrogen-bond acceptors (Lipinski definition) is 3. The van der Waals surface area contributed by atoms with Crippen LogP contribution in [0.2, 0.25) is 0 Å². The molecule has 1 unspecified atom stereocenters. The zero-order valence-electron chi connectivity index (χ0n) is 10.7. The van der Waals surface area contributed by atoms with Crippen molar-refractivity contribution in [3.63, 3.8) is 0 Å². The third-order valence-electron chi connectivity index (χ3n) is 4.78. The maximum Gasteiger partial charge on any atom is 0.261 e. The van der Waals surface area contributed by atoms with Crippen molar-refractivity contribution in [3.8, 4) is 0 Å². The first-order chi connectivity index (χ1) is 9.25. The number of benzene rings is 1. The van der Waals surface area contributed by atoms with Gasteiger partial charge in [0.25, 0.3) is 11.8 Å². The van der Waals surface area contributed by atoms with Gasteiger partial charge in [0.2, 0.25) is 0 Å². The van der Waals surface area contributed by atoms with E-state index in [1.807, 2.05) is 12.1 Å². The van der Waals surface area contributed by atoms with Crippen LogP contribution in [0.25, 0.3) is 0 Å². The molecule has 1 atom stereocenters. The second-order valence-electron chi connectivity index (χ2n) is 5.73. The summed E-state index contributed by atoms with van der Waals surface area (Å²) in [5.41, 5.74) is 1.15. The van der Waals surface area contributed by atoms with Crippen molar-refractivity contribution in [2.45, 2.75) is 18.9 Å². The fourth-order valence-electron chi connectivity index (χ4n) is 3.74. The molecule has 3 saturated heterocycles. The summed E-state index contributed by atoms with van der Waals surface area (Å²) in [7, 11) is 0. The summed E-state index contributed by atoms with van der Waals surface area (Å²) in [6.07, 6.45) is 2.22. The predicted octanol–water partition coefficient (Wildman–Crippen LogP) is 1.38. The predicted molar refractivity (Wildman–Crippen MR) is 69.9 cm³/mol. The van der Waals surface area contributed by atoms with Gasteiger partial charge in [-0.3, -0.25) is 14.5 Å². The van der Waals surface area contributed by atoms with Crippen molar-refractivity contribution in [2.24, 2.45) is 5.92 Å². The molecule has 0 N–H and O–H groups in total. The van der Waals surface area contributed by atoms with Gasteiger partial charge in [0, 0.05) is 6.54 Å². The Morgan fingerprint density at radius 1 is 0.947 bits per heavy atom. The number of imide groups is 1. The van der Waals surface area contributed by atoms with Gasteiger partial charge in [-0.25, -0.2) is 0 Å². The second kappa shape index (κ2) is 3.90. The summed E-state index contributed by atoms with van der Waals surface area (Å²) in [5, 5.41) is 0. The fraction of sp³-hybridized carbons (Fsp3) is 0.467. The number of amides is 2. The molecule has 98 valence electrons. The average molecular weight is 256 g/mol. The highest BCUT2D eigenvalue weighted by atomic mass is 16.2. The molecule has 2 amide bonds. The third kappa shape index (κ3) is 1.49. The minimum absolute atomic E-state index is 0.0786. The number of piperidine rings is 3. The van der Waals surface area contributed by atoms with E-state index in [9.17, 15) is 9.59 Å². The zero-order valence-corrected chi connectivity index (χ0v) is 10.7. The summed E-state index contributed by atoms with van der Waals surface area (Å²) in [6, 6.07) is 7.25. The number of nitrogens with zero attached hydrogens (tertiary/aromatic N) is 2. The van der Waals surface area contributed by atoms with Crippen molar-refractivity contribution in [2.75, 3.05) is 19.6 Å². The van der Waals surface area contributed by atoms with E-state index in [0.717, 1.165) is 32.5 Å². The van der Waals surface area contributed by atoms with Gasteiger partial charge in [0.15, 0.2) is 0 Å². The van der Waals surface area contributed by atoms with Crippen LogP contribution in [-0.2, 0) is 0 Å². The Kier molecular flexibility index (Phi) is 2.30. The van der Waals surface area contributed by atoms with Gasteiger partial charge in [0.1, 0.15) is 0 Å². The highest BCUT2D eigenvalue weighted by Gasteiger charge is 2.46. The van der Waals surface area contributed by atoms with Gasteiger partial charge >= 0.3 is 0 Å². The summed E-state index contributed by atoms with van der Waals surface area (Å²) in [6.45, 7) is 3.09. The van der Waals surface area contributed by atoms with E-state index in [4.69, 9.17) is 0 Å². The molecular weight excluding hydrogens is 240 g/mol. The van der Waals surface area contributed by atoms with Crippen molar-refractivity contribution in [1.29, 1.82) is 0 Å². The Bertz CT molecular complexity index is 526. The molecular formula is C15H16N2O2. The third-order valence-corrected chi connectivity index (χ3v) is 4.78. The van der Waals surface area contributed by atoms with Crippen molar-refractivity contribution in [1.82, 2.24) is 9.80 Å². The zero-order chi connectivity index (χ0) is 13.0. The molecule has 1 aromatic rings. The number of hydrogen-bond donors (Lipinski definition) is 0. The Balaban J connectivity index is 1.71. The summed E-state index contributed by atoms with van der Waals surface area (Å²) in [4.78, 5) is 28.8. The minimum atomic E-state index is -0.0978. The molecule has 0 saturated carbocycles. The number of carbonyl (C=O) groups is 2. The second-order valence-corrected chi connectivity index (χ2v) is 5.73. The highest BCUT2D eigenvalue weighted by Crippen LogP contribution is 2.35. The molecule has 0 spiro atoms. The van der Waals surface area contributed by atoms with Crippen LogP contribution in [0.15, 0.2) is 24.3 Å². The van der Waals surface area contributed by atoms with Gasteiger partial charge in [-0.05, 0) is 44.0 Å². The van der Waals surface area contributed by atoms with Gasteiger partial charge in [-0.2, -0.15) is 0 Å². The number of rotatable bonds is 1. The van der Waals surface area contributed by atoms with Gasteiger partial charge in [0.05, 0.1) is 17.2 Å². The molecule has 4 aliphatic rings. The van der Waals surface area contributed by atoms with E-state index in [0.29, 0.717) is 17.0 Å². The fourth-order valence-corrected chi connectivity index (χ4v) is 3.74. The Morgan fingerprint density at radius 2 is 1.53 bits per heavy atom. The molecule has 0 radical (unpaired) electrons. The lowest BCUT2D eigenvalue weighted by Crippen LogP contribution is -2.58. The van der Waals surface area contributed by atoms with Gasteiger partial charge in [-0.15, -0.1) is 0 Å². The topological polar surface area (TPSA) is 40.6 Å². The van der Waals surface area contributed by atoms with Crippen LogP contribution in [-0.4, -0.2) is 47.3 Å². The van der Waals surface area contributed by atoms with E-state index in [1.54, 1.807) is 12.1 Å². The molecule has 5 rings (SSSR count). The maximum absolute atomic E-state index is 12.5. The van der Waals surface area contributed by atoms with Crippen LogP contribution in [0.5, 0.6) is 0 Å². The van der Waals surface area contributed by atoms with Crippen LogP contribution in [0.4, 0.5) is 0 Å². The van der Waals surface area contributed by atoms with Gasteiger partial charge < -0.3 is 4.90 Å². The average Bonchev–Trinajstić information content (AvgIpc) is 2.73. The molecule has 19 heavy (non-hydrogen) atoms. The Morgan fingerprint density at radius 3 is 2.00 bits per heavy atom. The summed E-state index contributed by atoms with van der Waals surface area (Å²) < 4.78 is 0. The lowest BCUT2D eigenvalue weighted by Gasteiger charge is -2.47. The molecule has 4 aliphatic heterocycles. The quantitative estimate of drug-likeness (QED) is 0.713. The monoisotopic (exact) mass is 256 g/mol. The lowest BCUT2D eigenvalue weighted by atomic mass is 9.83. The van der Waals surface area contributed by atoms with E-state index in [-0.39, 0.29) is 17.9 Å². The molecule has 0 aromatic heterocycles. The van der Waals surface area contributed by atoms with Crippen molar-refractivity contribution >= 4 is 11.8 Å². The molecule has 4 heterocycles. The normalized spacial score (nSPS) is 32.8. The lowest BCUT2D eigenvalue weighted by molar-refractivity contribution is 0.0120. The van der Waals surface area contributed by atoms with Gasteiger partial charge in [-0.1, -0.05) is 12.1 Å². The largest absolute Gasteiger partial charge is 0.301 e. The molecule has 1 aromatic carbocycles. The van der Waals surface area contributed by atoms with Crippen LogP contribution in [0.3, 0.4) is 0 Å². The maximum atomic E-state index is 12.5. The van der Waals surface area contributed by atoms with Crippen LogP contribution < -0.4 is 0 Å². The molecule has 3 fully saturated rings. The highest BCUT2D eigenvalue weighted by molar-refractivity contribution is 6.21. The van der Waals surface area contributed by atoms with Crippen LogP contribution in [0, 0.1) is 5.92 Å². The standard InChI is InChI=1S/C15H16N2O2/c18-14-11-3-1-2-4-12(11)15(19)17(14)13-9-16-7-5-10(13)6-8-16/h1-4,10,13H,5-9H2. The molecule has 4 heteroatoms. The van der Waals surface area contributed by atoms with E-state index >= 15 is 0 Å². The number of carbonyl (C=O) groups excluding carboxylic acids is 2. The van der Waals surface area contributed by atoms with E-state index in [2.05, 4.69) is 4.90 Å². The first-order valence-corrected chi connectivity index (χ1v) is 6.95. The van der Waals surface area contributed by atoms with Crippen LogP contribution >= 0.6 is 0 Å². The summed E-state index contributed by atoms with van der Waals surface area (Å²) in [5.74, 6) is 0.297. The van der Waals surface area contributed by atoms with Crippen LogP contribution in [0.1, 0.15) is 33.6 Å². The first-order valence-electron chi connectivity index (χ1n) is 6.95. The molecule has 4 nitrogen and oxygen atoms in total.